The molecule has 0 aliphatic heterocycles. The van der Waals surface area contributed by atoms with Gasteiger partial charge in [0.1, 0.15) is 38.0 Å². The molecule has 3 aromatic rings. The minimum atomic E-state index is -4.58. The molecule has 3 rings (SSSR count). The van der Waals surface area contributed by atoms with Crippen molar-refractivity contribution in [2.45, 2.75) is 25.1 Å². The summed E-state index contributed by atoms with van der Waals surface area (Å²) >= 11 is 0. The highest BCUT2D eigenvalue weighted by atomic mass is 19.4. The number of aromatic nitrogens is 4. The number of hydrogen-bond donors (Lipinski definition) is 1. The molecule has 0 saturated heterocycles. The Balaban J connectivity index is 0.000000528. The van der Waals surface area contributed by atoms with Crippen molar-refractivity contribution in [1.82, 2.24) is 19.3 Å². The van der Waals surface area contributed by atoms with Crippen LogP contribution in [-0.4, -0.2) is 75.4 Å². The summed E-state index contributed by atoms with van der Waals surface area (Å²) in [5.74, 6) is -1.65. The topological polar surface area (TPSA) is 118 Å². The summed E-state index contributed by atoms with van der Waals surface area (Å²) in [7, 11) is 1.60. The van der Waals surface area contributed by atoms with E-state index in [0.717, 1.165) is 4.57 Å². The van der Waals surface area contributed by atoms with Gasteiger partial charge in [-0.05, 0) is 30.3 Å². The highest BCUT2D eigenvalue weighted by Gasteiger charge is 2.29. The highest BCUT2D eigenvalue weighted by Crippen LogP contribution is 2.22. The lowest BCUT2D eigenvalue weighted by Gasteiger charge is -2.15. The first-order valence-corrected chi connectivity index (χ1v) is 11.3. The van der Waals surface area contributed by atoms with Gasteiger partial charge in [-0.1, -0.05) is 0 Å². The molecule has 0 aliphatic carbocycles. The van der Waals surface area contributed by atoms with Gasteiger partial charge in [0, 0.05) is 19.3 Å². The molecule has 19 heteroatoms. The Bertz CT molecular complexity index is 1370. The Kier molecular flexibility index (Phi) is 11.5. The maximum atomic E-state index is 12.8. The second-order valence-corrected chi connectivity index (χ2v) is 8.08. The SMILES string of the molecule is Cn1nccc1-c1cc(=O)n(-c2ccc(OCC(F)(F)F)cc2)c(COCC(F)(F)F)n1.O=C(O)COCC(F)(F)F. The van der Waals surface area contributed by atoms with E-state index in [0.29, 0.717) is 5.69 Å². The number of nitrogens with zero attached hydrogens (tertiary/aromatic N) is 4. The third-order valence-electron chi connectivity index (χ3n) is 4.56. The van der Waals surface area contributed by atoms with Crippen LogP contribution < -0.4 is 10.3 Å². The number of carbonyl (C=O) groups is 1. The Hall–Kier alpha value is -4.13. The monoisotopic (exact) mass is 620 g/mol. The molecule has 0 bridgehead atoms. The molecule has 0 fully saturated rings. The van der Waals surface area contributed by atoms with Crippen LogP contribution in [0, 0.1) is 0 Å². The third-order valence-corrected chi connectivity index (χ3v) is 4.56. The third kappa shape index (κ3) is 12.2. The van der Waals surface area contributed by atoms with Gasteiger partial charge in [0.15, 0.2) is 6.61 Å². The molecule has 0 atom stereocenters. The predicted octanol–water partition coefficient (Wildman–Crippen LogP) is 4.30. The number of alkyl halides is 9. The van der Waals surface area contributed by atoms with E-state index in [1.54, 1.807) is 13.1 Å². The molecule has 0 radical (unpaired) electrons. The van der Waals surface area contributed by atoms with Crippen LogP contribution in [0.5, 0.6) is 5.75 Å². The number of aliphatic carboxylic acids is 1. The van der Waals surface area contributed by atoms with Gasteiger partial charge in [-0.15, -0.1) is 0 Å². The van der Waals surface area contributed by atoms with Gasteiger partial charge < -0.3 is 19.3 Å². The van der Waals surface area contributed by atoms with Crippen LogP contribution in [0.4, 0.5) is 39.5 Å². The summed E-state index contributed by atoms with van der Waals surface area (Å²) < 4.78 is 123. The van der Waals surface area contributed by atoms with E-state index in [1.165, 1.54) is 41.2 Å². The fourth-order valence-corrected chi connectivity index (χ4v) is 3.03. The molecule has 2 aromatic heterocycles. The van der Waals surface area contributed by atoms with E-state index in [9.17, 15) is 49.1 Å². The average molecular weight is 620 g/mol. The second kappa shape index (κ2) is 14.2. The zero-order chi connectivity index (χ0) is 31.7. The Morgan fingerprint density at radius 1 is 0.881 bits per heavy atom. The molecule has 2 heterocycles. The van der Waals surface area contributed by atoms with Crippen molar-refractivity contribution in [2.24, 2.45) is 7.05 Å². The molecule has 0 unspecified atom stereocenters. The summed E-state index contributed by atoms with van der Waals surface area (Å²) in [6, 6.07) is 7.70. The van der Waals surface area contributed by atoms with Gasteiger partial charge in [-0.3, -0.25) is 14.0 Å². The van der Waals surface area contributed by atoms with E-state index in [4.69, 9.17) is 5.11 Å². The van der Waals surface area contributed by atoms with Crippen molar-refractivity contribution < 1.29 is 63.6 Å². The highest BCUT2D eigenvalue weighted by molar-refractivity contribution is 5.68. The van der Waals surface area contributed by atoms with Crippen LogP contribution >= 0.6 is 0 Å². The molecule has 1 aromatic carbocycles. The largest absolute Gasteiger partial charge is 0.484 e. The molecule has 0 aliphatic rings. The maximum absolute atomic E-state index is 12.8. The lowest BCUT2D eigenvalue weighted by Crippen LogP contribution is -2.25. The lowest BCUT2D eigenvalue weighted by atomic mass is 10.2. The minimum absolute atomic E-state index is 0.103. The molecule has 0 spiro atoms. The molecule has 0 saturated carbocycles. The van der Waals surface area contributed by atoms with Crippen LogP contribution in [0.2, 0.25) is 0 Å². The van der Waals surface area contributed by atoms with E-state index < -0.39 is 63.1 Å². The lowest BCUT2D eigenvalue weighted by molar-refractivity contribution is -0.179. The van der Waals surface area contributed by atoms with Crippen LogP contribution in [0.3, 0.4) is 0 Å². The Labute approximate surface area is 229 Å². The quantitative estimate of drug-likeness (QED) is 0.334. The van der Waals surface area contributed by atoms with Gasteiger partial charge in [0.05, 0.1) is 17.1 Å². The fraction of sp³-hybridized carbons (Fsp3) is 0.391. The van der Waals surface area contributed by atoms with Crippen molar-refractivity contribution in [3.8, 4) is 22.8 Å². The number of ether oxygens (including phenoxy) is 3. The van der Waals surface area contributed by atoms with Gasteiger partial charge in [-0.25, -0.2) is 9.78 Å². The zero-order valence-electron chi connectivity index (χ0n) is 21.3. The molecule has 1 N–H and O–H groups in total. The summed E-state index contributed by atoms with van der Waals surface area (Å²) in [5.41, 5.74) is 0.138. The Morgan fingerprint density at radius 3 is 1.95 bits per heavy atom. The smallest absolute Gasteiger partial charge is 0.422 e. The van der Waals surface area contributed by atoms with Crippen molar-refractivity contribution in [3.63, 3.8) is 0 Å². The number of hydrogen-bond acceptors (Lipinski definition) is 7. The molecule has 232 valence electrons. The summed E-state index contributed by atoms with van der Waals surface area (Å²) in [4.78, 5) is 26.7. The molecular formula is C23H21F9N4O6. The Morgan fingerprint density at radius 2 is 1.45 bits per heavy atom. The molecule has 42 heavy (non-hydrogen) atoms. The van der Waals surface area contributed by atoms with E-state index in [-0.39, 0.29) is 23.0 Å². The fourth-order valence-electron chi connectivity index (χ4n) is 3.03. The summed E-state index contributed by atoms with van der Waals surface area (Å²) in [5, 5.41) is 11.8. The van der Waals surface area contributed by atoms with Gasteiger partial charge in [-0.2, -0.15) is 44.6 Å². The van der Waals surface area contributed by atoms with E-state index in [2.05, 4.69) is 24.3 Å². The van der Waals surface area contributed by atoms with Crippen molar-refractivity contribution in [1.29, 1.82) is 0 Å². The number of benzene rings is 1. The van der Waals surface area contributed by atoms with Gasteiger partial charge in [0.2, 0.25) is 0 Å². The van der Waals surface area contributed by atoms with Crippen LogP contribution in [-0.2, 0) is 27.9 Å². The van der Waals surface area contributed by atoms with Crippen LogP contribution in [0.25, 0.3) is 17.1 Å². The number of carboxylic acid groups (broad SMARTS) is 1. The van der Waals surface area contributed by atoms with Gasteiger partial charge >= 0.3 is 24.5 Å². The number of aryl methyl sites for hydroxylation is 1. The first kappa shape index (κ1) is 34.1. The van der Waals surface area contributed by atoms with E-state index >= 15 is 0 Å². The number of carboxylic acids is 1. The van der Waals surface area contributed by atoms with Crippen molar-refractivity contribution in [2.75, 3.05) is 26.4 Å². The zero-order valence-corrected chi connectivity index (χ0v) is 21.3. The normalized spacial score (nSPS) is 12.0. The first-order valence-electron chi connectivity index (χ1n) is 11.3. The van der Waals surface area contributed by atoms with Crippen molar-refractivity contribution in [3.05, 3.63) is 58.8 Å². The molecule has 0 amide bonds. The average Bonchev–Trinajstić information content (AvgIpc) is 3.27. The maximum Gasteiger partial charge on any atom is 0.422 e. The standard InChI is InChI=1S/C19H16F6N4O3.C4H5F3O3/c1-28-15(6-7-26-28)14-8-17(30)29(16(27-14)9-31-10-18(20,21)22)12-2-4-13(5-3-12)32-11-19(23,24)25;5-4(6,7)2-10-1-3(8)9/h2-8H,9-11H2,1H3;1-2H2,(H,8,9). The summed E-state index contributed by atoms with van der Waals surface area (Å²) in [6.45, 7) is -6.13. The van der Waals surface area contributed by atoms with Gasteiger partial charge in [0.25, 0.3) is 5.56 Å². The first-order chi connectivity index (χ1) is 19.3. The predicted molar refractivity (Wildman–Crippen MR) is 124 cm³/mol. The molecule has 10 nitrogen and oxygen atoms in total. The van der Waals surface area contributed by atoms with Crippen molar-refractivity contribution >= 4 is 5.97 Å². The number of halogens is 9. The minimum Gasteiger partial charge on any atom is -0.484 e. The van der Waals surface area contributed by atoms with Crippen LogP contribution in [0.1, 0.15) is 5.82 Å². The van der Waals surface area contributed by atoms with E-state index in [1.807, 2.05) is 0 Å². The second-order valence-electron chi connectivity index (χ2n) is 8.08. The van der Waals surface area contributed by atoms with Crippen LogP contribution in [0.15, 0.2) is 47.4 Å². The number of rotatable bonds is 10. The molecular weight excluding hydrogens is 599 g/mol. The summed E-state index contributed by atoms with van der Waals surface area (Å²) in [6.07, 6.45) is -12.1.